The second-order valence-corrected chi connectivity index (χ2v) is 8.30. The van der Waals surface area contributed by atoms with E-state index in [-0.39, 0.29) is 29.7 Å². The molecule has 2 N–H and O–H groups in total. The van der Waals surface area contributed by atoms with Crippen molar-refractivity contribution < 1.29 is 14.4 Å². The van der Waals surface area contributed by atoms with Gasteiger partial charge in [0.2, 0.25) is 11.8 Å². The zero-order valence-electron chi connectivity index (χ0n) is 17.7. The molecule has 4 amide bonds. The molecule has 2 heterocycles. The van der Waals surface area contributed by atoms with Gasteiger partial charge in [-0.25, -0.2) is 4.79 Å². The third kappa shape index (κ3) is 5.84. The summed E-state index contributed by atoms with van der Waals surface area (Å²) in [7, 11) is 0. The summed E-state index contributed by atoms with van der Waals surface area (Å²) >= 11 is 0. The van der Waals surface area contributed by atoms with Gasteiger partial charge < -0.3 is 20.4 Å². The van der Waals surface area contributed by atoms with Gasteiger partial charge >= 0.3 is 6.03 Å². The molecule has 2 saturated heterocycles. The summed E-state index contributed by atoms with van der Waals surface area (Å²) in [5, 5.41) is 5.78. The Balaban J connectivity index is 1.43. The maximum atomic E-state index is 13.0. The van der Waals surface area contributed by atoms with Crippen LogP contribution in [0.2, 0.25) is 0 Å². The maximum Gasteiger partial charge on any atom is 0.319 e. The van der Waals surface area contributed by atoms with Gasteiger partial charge in [-0.15, -0.1) is 0 Å². The average Bonchev–Trinajstić information content (AvgIpc) is 2.78. The number of benzene rings is 1. The normalized spacial score (nSPS) is 19.8. The topological polar surface area (TPSA) is 81.8 Å². The van der Waals surface area contributed by atoms with E-state index in [4.69, 9.17) is 0 Å². The molecule has 7 heteroatoms. The molecular formula is C23H32N4O3. The minimum absolute atomic E-state index is 0.0181. The highest BCUT2D eigenvalue weighted by atomic mass is 16.2. The Hall–Kier alpha value is -2.83. The van der Waals surface area contributed by atoms with Crippen LogP contribution in [-0.4, -0.2) is 60.4 Å². The number of amides is 4. The summed E-state index contributed by atoms with van der Waals surface area (Å²) in [6.07, 6.45) is 4.69. The van der Waals surface area contributed by atoms with Crippen LogP contribution in [0, 0.1) is 18.8 Å². The monoisotopic (exact) mass is 412 g/mol. The second-order valence-electron chi connectivity index (χ2n) is 8.30. The van der Waals surface area contributed by atoms with Gasteiger partial charge in [-0.3, -0.25) is 9.59 Å². The number of hydrogen-bond donors (Lipinski definition) is 2. The number of rotatable bonds is 5. The van der Waals surface area contributed by atoms with Gasteiger partial charge in [0, 0.05) is 44.3 Å². The van der Waals surface area contributed by atoms with Crippen molar-refractivity contribution in [2.75, 3.05) is 38.0 Å². The van der Waals surface area contributed by atoms with Crippen LogP contribution >= 0.6 is 0 Å². The fraction of sp³-hybridized carbons (Fsp3) is 0.522. The lowest BCUT2D eigenvalue weighted by molar-refractivity contribution is -0.140. The van der Waals surface area contributed by atoms with Gasteiger partial charge in [-0.1, -0.05) is 24.3 Å². The summed E-state index contributed by atoms with van der Waals surface area (Å²) in [6, 6.07) is 7.45. The fourth-order valence-corrected chi connectivity index (χ4v) is 4.22. The highest BCUT2D eigenvalue weighted by molar-refractivity contribution is 5.89. The predicted molar refractivity (Wildman–Crippen MR) is 117 cm³/mol. The molecule has 1 aromatic carbocycles. The van der Waals surface area contributed by atoms with Crippen molar-refractivity contribution in [3.05, 3.63) is 42.5 Å². The molecule has 30 heavy (non-hydrogen) atoms. The van der Waals surface area contributed by atoms with Crippen LogP contribution in [-0.2, 0) is 9.59 Å². The molecule has 1 aromatic rings. The molecule has 162 valence electrons. The number of likely N-dealkylation sites (tertiary alicyclic amines) is 2. The van der Waals surface area contributed by atoms with Crippen LogP contribution in [0.25, 0.3) is 0 Å². The standard InChI is InChI=1S/C23H32N4O3/c1-3-21(28)26-13-10-19(11-14-26)22(29)27-12-4-5-18(16-27)15-24-23(30)25-20-8-6-17(2)7-9-20/h3,6-9,18-19H,1,4-5,10-16H2,2H3,(H2,24,25,30). The lowest BCUT2D eigenvalue weighted by atomic mass is 9.92. The zero-order chi connectivity index (χ0) is 21.5. The number of carbonyl (C=O) groups is 3. The minimum Gasteiger partial charge on any atom is -0.342 e. The van der Waals surface area contributed by atoms with Crippen LogP contribution in [0.1, 0.15) is 31.2 Å². The van der Waals surface area contributed by atoms with Gasteiger partial charge in [-0.2, -0.15) is 0 Å². The molecule has 2 fully saturated rings. The van der Waals surface area contributed by atoms with E-state index in [9.17, 15) is 14.4 Å². The van der Waals surface area contributed by atoms with Gasteiger partial charge in [0.25, 0.3) is 0 Å². The minimum atomic E-state index is -0.221. The van der Waals surface area contributed by atoms with Crippen molar-refractivity contribution in [1.29, 1.82) is 0 Å². The van der Waals surface area contributed by atoms with E-state index in [1.54, 1.807) is 4.90 Å². The molecule has 2 aliphatic rings. The second kappa shape index (κ2) is 10.3. The van der Waals surface area contributed by atoms with E-state index in [1.165, 1.54) is 6.08 Å². The Bertz CT molecular complexity index is 769. The van der Waals surface area contributed by atoms with E-state index in [0.29, 0.717) is 39.0 Å². The molecule has 0 spiro atoms. The fourth-order valence-electron chi connectivity index (χ4n) is 4.22. The summed E-state index contributed by atoms with van der Waals surface area (Å²) < 4.78 is 0. The van der Waals surface area contributed by atoms with E-state index < -0.39 is 0 Å². The largest absolute Gasteiger partial charge is 0.342 e. The van der Waals surface area contributed by atoms with Crippen LogP contribution in [0.4, 0.5) is 10.5 Å². The maximum absolute atomic E-state index is 13.0. The lowest BCUT2D eigenvalue weighted by Gasteiger charge is -2.37. The molecule has 0 aromatic heterocycles. The van der Waals surface area contributed by atoms with Crippen LogP contribution < -0.4 is 10.6 Å². The number of piperidine rings is 2. The number of anilines is 1. The SMILES string of the molecule is C=CC(=O)N1CCC(C(=O)N2CCCC(CNC(=O)Nc3ccc(C)cc3)C2)CC1. The third-order valence-electron chi connectivity index (χ3n) is 6.02. The number of nitrogens with zero attached hydrogens (tertiary/aromatic N) is 2. The summed E-state index contributed by atoms with van der Waals surface area (Å²) in [6.45, 7) is 8.75. The Morgan fingerprint density at radius 1 is 1.07 bits per heavy atom. The van der Waals surface area contributed by atoms with Gasteiger partial charge in [-0.05, 0) is 56.7 Å². The van der Waals surface area contributed by atoms with E-state index in [2.05, 4.69) is 17.2 Å². The van der Waals surface area contributed by atoms with Crippen LogP contribution in [0.5, 0.6) is 0 Å². The smallest absolute Gasteiger partial charge is 0.319 e. The molecule has 1 unspecified atom stereocenters. The highest BCUT2D eigenvalue weighted by Crippen LogP contribution is 2.24. The van der Waals surface area contributed by atoms with Crippen LogP contribution in [0.15, 0.2) is 36.9 Å². The Labute approximate surface area is 178 Å². The van der Waals surface area contributed by atoms with Crippen molar-refractivity contribution in [3.8, 4) is 0 Å². The number of nitrogens with one attached hydrogen (secondary N) is 2. The van der Waals surface area contributed by atoms with Crippen molar-refractivity contribution in [1.82, 2.24) is 15.1 Å². The molecule has 0 saturated carbocycles. The van der Waals surface area contributed by atoms with Crippen molar-refractivity contribution in [2.24, 2.45) is 11.8 Å². The first-order valence-electron chi connectivity index (χ1n) is 10.8. The van der Waals surface area contributed by atoms with E-state index >= 15 is 0 Å². The third-order valence-corrected chi connectivity index (χ3v) is 6.02. The quantitative estimate of drug-likeness (QED) is 0.730. The van der Waals surface area contributed by atoms with Crippen LogP contribution in [0.3, 0.4) is 0 Å². The molecule has 1 atom stereocenters. The first-order valence-corrected chi connectivity index (χ1v) is 10.8. The van der Waals surface area contributed by atoms with Crippen molar-refractivity contribution in [2.45, 2.75) is 32.6 Å². The first kappa shape index (κ1) is 21.9. The first-order chi connectivity index (χ1) is 14.5. The lowest BCUT2D eigenvalue weighted by Crippen LogP contribution is -2.48. The van der Waals surface area contributed by atoms with Gasteiger partial charge in [0.15, 0.2) is 0 Å². The Morgan fingerprint density at radius 3 is 2.43 bits per heavy atom. The van der Waals surface area contributed by atoms with Crippen molar-refractivity contribution in [3.63, 3.8) is 0 Å². The Morgan fingerprint density at radius 2 is 1.77 bits per heavy atom. The highest BCUT2D eigenvalue weighted by Gasteiger charge is 2.32. The predicted octanol–water partition coefficient (Wildman–Crippen LogP) is 2.78. The van der Waals surface area contributed by atoms with Crippen molar-refractivity contribution >= 4 is 23.5 Å². The summed E-state index contributed by atoms with van der Waals surface area (Å²) in [4.78, 5) is 40.5. The number of hydrogen-bond acceptors (Lipinski definition) is 3. The average molecular weight is 413 g/mol. The number of urea groups is 1. The van der Waals surface area contributed by atoms with Gasteiger partial charge in [0.05, 0.1) is 0 Å². The summed E-state index contributed by atoms with van der Waals surface area (Å²) in [5.74, 6) is 0.368. The number of carbonyl (C=O) groups excluding carboxylic acids is 3. The molecule has 3 rings (SSSR count). The van der Waals surface area contributed by atoms with Gasteiger partial charge in [0.1, 0.15) is 0 Å². The summed E-state index contributed by atoms with van der Waals surface area (Å²) in [5.41, 5.74) is 1.91. The van der Waals surface area contributed by atoms with E-state index in [0.717, 1.165) is 30.6 Å². The molecular weight excluding hydrogens is 380 g/mol. The zero-order valence-corrected chi connectivity index (χ0v) is 17.7. The molecule has 0 bridgehead atoms. The molecule has 0 radical (unpaired) electrons. The number of aryl methyl sites for hydroxylation is 1. The molecule has 2 aliphatic heterocycles. The molecule has 0 aliphatic carbocycles. The van der Waals surface area contributed by atoms with E-state index in [1.807, 2.05) is 36.1 Å². The molecule has 7 nitrogen and oxygen atoms in total. The Kier molecular flexibility index (Phi) is 7.49.